The number of nitrogens with one attached hydrogen (secondary N) is 1. The zero-order chi connectivity index (χ0) is 20.9. The van der Waals surface area contributed by atoms with Crippen molar-refractivity contribution in [3.05, 3.63) is 29.8 Å². The highest BCUT2D eigenvalue weighted by Crippen LogP contribution is 2.13. The fourth-order valence-electron chi connectivity index (χ4n) is 3.07. The maximum Gasteiger partial charge on any atom is 0.325 e. The van der Waals surface area contributed by atoms with Crippen molar-refractivity contribution >= 4 is 17.8 Å². The van der Waals surface area contributed by atoms with Crippen molar-refractivity contribution in [2.45, 2.75) is 51.9 Å². The number of unbranched alkanes of at least 4 members (excludes halogenated alkanes) is 1. The molecule has 7 nitrogen and oxygen atoms in total. The molecule has 2 amide bonds. The van der Waals surface area contributed by atoms with Crippen LogP contribution in [0.3, 0.4) is 0 Å². The molecule has 1 heterocycles. The summed E-state index contributed by atoms with van der Waals surface area (Å²) in [4.78, 5) is 38.0. The number of rotatable bonds is 9. The lowest BCUT2D eigenvalue weighted by molar-refractivity contribution is -0.151. The standard InChI is InChI=1S/C22H32N2O5/c1-2-3-15-28-19-11-9-18(10-12-19)22(27)23-16-21(26)29-17-20(25)24-13-7-5-4-6-8-14-24/h9-12H,2-8,13-17H2,1H3,(H,23,27). The van der Waals surface area contributed by atoms with Crippen LogP contribution in [0.25, 0.3) is 0 Å². The van der Waals surface area contributed by atoms with E-state index in [0.717, 1.165) is 38.5 Å². The minimum atomic E-state index is -0.627. The summed E-state index contributed by atoms with van der Waals surface area (Å²) in [6.45, 7) is 3.60. The third-order valence-electron chi connectivity index (χ3n) is 4.84. The van der Waals surface area contributed by atoms with E-state index in [9.17, 15) is 14.4 Å². The molecule has 0 atom stereocenters. The molecule has 0 unspecified atom stereocenters. The minimum Gasteiger partial charge on any atom is -0.494 e. The Morgan fingerprint density at radius 1 is 1.00 bits per heavy atom. The van der Waals surface area contributed by atoms with Gasteiger partial charge in [0.25, 0.3) is 11.8 Å². The van der Waals surface area contributed by atoms with Gasteiger partial charge in [-0.15, -0.1) is 0 Å². The van der Waals surface area contributed by atoms with Gasteiger partial charge in [-0.3, -0.25) is 14.4 Å². The molecule has 0 aliphatic carbocycles. The minimum absolute atomic E-state index is 0.176. The number of ether oxygens (including phenoxy) is 2. The van der Waals surface area contributed by atoms with E-state index in [1.165, 1.54) is 6.42 Å². The molecule has 0 spiro atoms. The Labute approximate surface area is 172 Å². The van der Waals surface area contributed by atoms with Gasteiger partial charge in [0.1, 0.15) is 12.3 Å². The van der Waals surface area contributed by atoms with Crippen molar-refractivity contribution in [2.24, 2.45) is 0 Å². The predicted molar refractivity (Wildman–Crippen MR) is 110 cm³/mol. The van der Waals surface area contributed by atoms with Crippen LogP contribution in [0.2, 0.25) is 0 Å². The number of nitrogens with zero attached hydrogens (tertiary/aromatic N) is 1. The molecular formula is C22H32N2O5. The first-order valence-electron chi connectivity index (χ1n) is 10.5. The Kier molecular flexibility index (Phi) is 10.0. The first-order valence-corrected chi connectivity index (χ1v) is 10.5. The average Bonchev–Trinajstić information content (AvgIpc) is 2.70. The number of likely N-dealkylation sites (tertiary alicyclic amines) is 1. The summed E-state index contributed by atoms with van der Waals surface area (Å²) >= 11 is 0. The summed E-state index contributed by atoms with van der Waals surface area (Å²) in [6.07, 6.45) is 7.47. The quantitative estimate of drug-likeness (QED) is 0.505. The van der Waals surface area contributed by atoms with Gasteiger partial charge in [0.05, 0.1) is 6.61 Å². The lowest BCUT2D eigenvalue weighted by Gasteiger charge is -2.24. The number of benzene rings is 1. The SMILES string of the molecule is CCCCOc1ccc(C(=O)NCC(=O)OCC(=O)N2CCCCCCC2)cc1. The Balaban J connectivity index is 1.68. The van der Waals surface area contributed by atoms with Crippen LogP contribution in [0.4, 0.5) is 0 Å². The van der Waals surface area contributed by atoms with E-state index < -0.39 is 5.97 Å². The third kappa shape index (κ3) is 8.54. The van der Waals surface area contributed by atoms with Crippen LogP contribution < -0.4 is 10.1 Å². The van der Waals surface area contributed by atoms with Crippen LogP contribution in [-0.4, -0.2) is 55.5 Å². The summed E-state index contributed by atoms with van der Waals surface area (Å²) in [5.41, 5.74) is 0.428. The monoisotopic (exact) mass is 404 g/mol. The summed E-state index contributed by atoms with van der Waals surface area (Å²) in [7, 11) is 0. The molecular weight excluding hydrogens is 372 g/mol. The maximum atomic E-state index is 12.2. The number of amides is 2. The Hall–Kier alpha value is -2.57. The van der Waals surface area contributed by atoms with Crippen LogP contribution >= 0.6 is 0 Å². The zero-order valence-corrected chi connectivity index (χ0v) is 17.3. The van der Waals surface area contributed by atoms with Gasteiger partial charge in [-0.05, 0) is 43.5 Å². The van der Waals surface area contributed by atoms with Crippen molar-refractivity contribution in [2.75, 3.05) is 32.8 Å². The van der Waals surface area contributed by atoms with Gasteiger partial charge in [0.2, 0.25) is 0 Å². The fraction of sp³-hybridized carbons (Fsp3) is 0.591. The number of esters is 1. The molecule has 1 aliphatic heterocycles. The van der Waals surface area contributed by atoms with E-state index >= 15 is 0 Å². The fourth-order valence-corrected chi connectivity index (χ4v) is 3.07. The Bertz CT molecular complexity index is 652. The predicted octanol–water partition coefficient (Wildman–Crippen LogP) is 2.93. The zero-order valence-electron chi connectivity index (χ0n) is 17.3. The maximum absolute atomic E-state index is 12.2. The third-order valence-corrected chi connectivity index (χ3v) is 4.84. The molecule has 1 fully saturated rings. The molecule has 1 aromatic rings. The van der Waals surface area contributed by atoms with Crippen LogP contribution in [0.1, 0.15) is 62.2 Å². The van der Waals surface area contributed by atoms with E-state index in [2.05, 4.69) is 12.2 Å². The van der Waals surface area contributed by atoms with Gasteiger partial charge in [0, 0.05) is 18.7 Å². The van der Waals surface area contributed by atoms with Crippen LogP contribution in [0, 0.1) is 0 Å². The van der Waals surface area contributed by atoms with E-state index in [1.54, 1.807) is 29.2 Å². The summed E-state index contributed by atoms with van der Waals surface area (Å²) in [5.74, 6) is -0.474. The van der Waals surface area contributed by atoms with Crippen molar-refractivity contribution in [1.29, 1.82) is 0 Å². The number of hydrogen-bond acceptors (Lipinski definition) is 5. The highest BCUT2D eigenvalue weighted by atomic mass is 16.5. The van der Waals surface area contributed by atoms with Crippen LogP contribution in [0.5, 0.6) is 5.75 Å². The van der Waals surface area contributed by atoms with Gasteiger partial charge in [-0.25, -0.2) is 0 Å². The van der Waals surface area contributed by atoms with E-state index in [1.807, 2.05) is 0 Å². The molecule has 29 heavy (non-hydrogen) atoms. The normalized spacial score (nSPS) is 14.4. The molecule has 2 rings (SSSR count). The molecule has 1 aliphatic rings. The average molecular weight is 405 g/mol. The Morgan fingerprint density at radius 3 is 2.31 bits per heavy atom. The molecule has 0 bridgehead atoms. The lowest BCUT2D eigenvalue weighted by atomic mass is 10.1. The molecule has 7 heteroatoms. The number of carbonyl (C=O) groups is 3. The first-order chi connectivity index (χ1) is 14.1. The largest absolute Gasteiger partial charge is 0.494 e. The molecule has 0 aromatic heterocycles. The van der Waals surface area contributed by atoms with Gasteiger partial charge in [-0.1, -0.05) is 32.6 Å². The van der Waals surface area contributed by atoms with Gasteiger partial charge < -0.3 is 19.7 Å². The summed E-state index contributed by atoms with van der Waals surface area (Å²) < 4.78 is 10.6. The molecule has 0 radical (unpaired) electrons. The van der Waals surface area contributed by atoms with E-state index in [-0.39, 0.29) is 25.0 Å². The highest BCUT2D eigenvalue weighted by molar-refractivity contribution is 5.96. The molecule has 1 saturated heterocycles. The van der Waals surface area contributed by atoms with Gasteiger partial charge in [0.15, 0.2) is 6.61 Å². The van der Waals surface area contributed by atoms with Crippen molar-refractivity contribution < 1.29 is 23.9 Å². The summed E-state index contributed by atoms with van der Waals surface area (Å²) in [6, 6.07) is 6.75. The first kappa shape index (κ1) is 22.7. The Morgan fingerprint density at radius 2 is 1.66 bits per heavy atom. The second kappa shape index (κ2) is 12.8. The van der Waals surface area contributed by atoms with Crippen LogP contribution in [0.15, 0.2) is 24.3 Å². The van der Waals surface area contributed by atoms with Gasteiger partial charge >= 0.3 is 5.97 Å². The number of hydrogen-bond donors (Lipinski definition) is 1. The molecule has 160 valence electrons. The lowest BCUT2D eigenvalue weighted by Crippen LogP contribution is -2.38. The smallest absolute Gasteiger partial charge is 0.325 e. The summed E-state index contributed by atoms with van der Waals surface area (Å²) in [5, 5.41) is 2.51. The molecule has 0 saturated carbocycles. The van der Waals surface area contributed by atoms with Gasteiger partial charge in [-0.2, -0.15) is 0 Å². The number of carbonyl (C=O) groups excluding carboxylic acids is 3. The highest BCUT2D eigenvalue weighted by Gasteiger charge is 2.17. The second-order valence-corrected chi connectivity index (χ2v) is 7.22. The second-order valence-electron chi connectivity index (χ2n) is 7.22. The molecule has 1 N–H and O–H groups in total. The topological polar surface area (TPSA) is 84.9 Å². The van der Waals surface area contributed by atoms with E-state index in [0.29, 0.717) is 31.0 Å². The van der Waals surface area contributed by atoms with Crippen molar-refractivity contribution in [3.63, 3.8) is 0 Å². The van der Waals surface area contributed by atoms with Crippen LogP contribution in [-0.2, 0) is 14.3 Å². The van der Waals surface area contributed by atoms with Crippen molar-refractivity contribution in [1.82, 2.24) is 10.2 Å². The molecule has 1 aromatic carbocycles. The van der Waals surface area contributed by atoms with Crippen molar-refractivity contribution in [3.8, 4) is 5.75 Å². The van der Waals surface area contributed by atoms with E-state index in [4.69, 9.17) is 9.47 Å².